The van der Waals surface area contributed by atoms with Crippen molar-refractivity contribution in [3.05, 3.63) is 65.9 Å². The molecule has 0 aliphatic rings. The SMILES string of the molecule is Cc1cc(Oc2ccc(C#N)cc2)c2ccccc2n1. The van der Waals surface area contributed by atoms with E-state index in [0.717, 1.165) is 22.3 Å². The molecule has 20 heavy (non-hydrogen) atoms. The molecule has 0 N–H and O–H groups in total. The quantitative estimate of drug-likeness (QED) is 0.693. The zero-order valence-electron chi connectivity index (χ0n) is 11.0. The molecule has 1 aromatic heterocycles. The Morgan fingerprint density at radius 1 is 1.05 bits per heavy atom. The third kappa shape index (κ3) is 2.32. The Bertz CT molecular complexity index is 801. The van der Waals surface area contributed by atoms with Crippen LogP contribution in [0.5, 0.6) is 11.5 Å². The van der Waals surface area contributed by atoms with Crippen LogP contribution in [0.4, 0.5) is 0 Å². The van der Waals surface area contributed by atoms with Crippen LogP contribution in [0.25, 0.3) is 10.9 Å². The second kappa shape index (κ2) is 5.02. The minimum atomic E-state index is 0.619. The zero-order valence-corrected chi connectivity index (χ0v) is 11.0. The summed E-state index contributed by atoms with van der Waals surface area (Å²) in [6.07, 6.45) is 0. The lowest BCUT2D eigenvalue weighted by atomic mass is 10.2. The predicted octanol–water partition coefficient (Wildman–Crippen LogP) is 4.21. The third-order valence-electron chi connectivity index (χ3n) is 3.02. The summed E-state index contributed by atoms with van der Waals surface area (Å²) in [5.41, 5.74) is 2.44. The van der Waals surface area contributed by atoms with Gasteiger partial charge in [0.25, 0.3) is 0 Å². The number of hydrogen-bond donors (Lipinski definition) is 0. The molecule has 0 saturated carbocycles. The largest absolute Gasteiger partial charge is 0.457 e. The van der Waals surface area contributed by atoms with E-state index < -0.39 is 0 Å². The number of pyridine rings is 1. The molecular formula is C17H12N2O. The number of rotatable bonds is 2. The molecule has 0 aliphatic heterocycles. The molecule has 0 atom stereocenters. The van der Waals surface area contributed by atoms with Gasteiger partial charge in [0, 0.05) is 17.1 Å². The highest BCUT2D eigenvalue weighted by molar-refractivity contribution is 5.85. The van der Waals surface area contributed by atoms with Crippen LogP contribution in [0, 0.1) is 18.3 Å². The van der Waals surface area contributed by atoms with Crippen LogP contribution in [-0.4, -0.2) is 4.98 Å². The van der Waals surface area contributed by atoms with Gasteiger partial charge in [-0.2, -0.15) is 5.26 Å². The van der Waals surface area contributed by atoms with Crippen molar-refractivity contribution >= 4 is 10.9 Å². The van der Waals surface area contributed by atoms with Crippen molar-refractivity contribution in [2.75, 3.05) is 0 Å². The molecule has 0 fully saturated rings. The normalized spacial score (nSPS) is 10.2. The standard InChI is InChI=1S/C17H12N2O/c1-12-10-17(15-4-2-3-5-16(15)19-12)20-14-8-6-13(11-18)7-9-14/h2-10H,1H3. The summed E-state index contributed by atoms with van der Waals surface area (Å²) in [6.45, 7) is 1.94. The van der Waals surface area contributed by atoms with Gasteiger partial charge in [0.2, 0.25) is 0 Å². The van der Waals surface area contributed by atoms with Crippen molar-refractivity contribution in [1.82, 2.24) is 4.98 Å². The number of benzene rings is 2. The van der Waals surface area contributed by atoms with Crippen molar-refractivity contribution in [1.29, 1.82) is 5.26 Å². The van der Waals surface area contributed by atoms with Gasteiger partial charge in [-0.3, -0.25) is 4.98 Å². The average molecular weight is 260 g/mol. The maximum atomic E-state index is 8.80. The molecule has 0 amide bonds. The van der Waals surface area contributed by atoms with Gasteiger partial charge in [-0.05, 0) is 43.3 Å². The molecule has 1 heterocycles. The Kier molecular flexibility index (Phi) is 3.06. The van der Waals surface area contributed by atoms with E-state index in [0.29, 0.717) is 11.3 Å². The van der Waals surface area contributed by atoms with Crippen LogP contribution >= 0.6 is 0 Å². The Labute approximate surface area is 117 Å². The predicted molar refractivity (Wildman–Crippen MR) is 77.7 cm³/mol. The van der Waals surface area contributed by atoms with Gasteiger partial charge >= 0.3 is 0 Å². The van der Waals surface area contributed by atoms with Gasteiger partial charge in [0.1, 0.15) is 11.5 Å². The highest BCUT2D eigenvalue weighted by Crippen LogP contribution is 2.29. The fraction of sp³-hybridized carbons (Fsp3) is 0.0588. The first kappa shape index (κ1) is 12.2. The minimum absolute atomic E-state index is 0.619. The number of ether oxygens (including phenoxy) is 1. The molecule has 3 rings (SSSR count). The first-order valence-corrected chi connectivity index (χ1v) is 6.31. The summed E-state index contributed by atoms with van der Waals surface area (Å²) in [5, 5.41) is 9.77. The van der Waals surface area contributed by atoms with Crippen molar-refractivity contribution in [3.8, 4) is 17.6 Å². The fourth-order valence-corrected chi connectivity index (χ4v) is 2.08. The van der Waals surface area contributed by atoms with Crippen LogP contribution in [0.15, 0.2) is 54.6 Å². The molecule has 96 valence electrons. The number of fused-ring (bicyclic) bond motifs is 1. The lowest BCUT2D eigenvalue weighted by Gasteiger charge is -2.09. The van der Waals surface area contributed by atoms with E-state index >= 15 is 0 Å². The summed E-state index contributed by atoms with van der Waals surface area (Å²) < 4.78 is 5.92. The molecule has 0 unspecified atom stereocenters. The van der Waals surface area contributed by atoms with E-state index in [1.165, 1.54) is 0 Å². The van der Waals surface area contributed by atoms with Crippen LogP contribution in [-0.2, 0) is 0 Å². The highest BCUT2D eigenvalue weighted by atomic mass is 16.5. The molecule has 3 heteroatoms. The van der Waals surface area contributed by atoms with Gasteiger partial charge in [-0.15, -0.1) is 0 Å². The zero-order chi connectivity index (χ0) is 13.9. The second-order valence-corrected chi connectivity index (χ2v) is 4.52. The van der Waals surface area contributed by atoms with Gasteiger partial charge in [0.05, 0.1) is 17.1 Å². The van der Waals surface area contributed by atoms with Crippen molar-refractivity contribution in [2.24, 2.45) is 0 Å². The van der Waals surface area contributed by atoms with Crippen LogP contribution < -0.4 is 4.74 Å². The Morgan fingerprint density at radius 2 is 1.80 bits per heavy atom. The number of nitrogens with zero attached hydrogens (tertiary/aromatic N) is 2. The Balaban J connectivity index is 2.03. The van der Waals surface area contributed by atoms with Crippen molar-refractivity contribution in [2.45, 2.75) is 6.92 Å². The Hall–Kier alpha value is -2.86. The highest BCUT2D eigenvalue weighted by Gasteiger charge is 2.06. The molecule has 0 aliphatic carbocycles. The monoisotopic (exact) mass is 260 g/mol. The maximum Gasteiger partial charge on any atom is 0.138 e. The molecule has 3 aromatic rings. The molecule has 0 radical (unpaired) electrons. The summed E-state index contributed by atoms with van der Waals surface area (Å²) >= 11 is 0. The third-order valence-corrected chi connectivity index (χ3v) is 3.02. The van der Waals surface area contributed by atoms with Gasteiger partial charge < -0.3 is 4.74 Å². The fourth-order valence-electron chi connectivity index (χ4n) is 2.08. The first-order chi connectivity index (χ1) is 9.76. The lowest BCUT2D eigenvalue weighted by molar-refractivity contribution is 0.487. The summed E-state index contributed by atoms with van der Waals surface area (Å²) in [6, 6.07) is 19.0. The molecule has 2 aromatic carbocycles. The number of aryl methyl sites for hydroxylation is 1. The van der Waals surface area contributed by atoms with Gasteiger partial charge in [-0.1, -0.05) is 12.1 Å². The van der Waals surface area contributed by atoms with E-state index in [1.807, 2.05) is 37.3 Å². The van der Waals surface area contributed by atoms with Gasteiger partial charge in [-0.25, -0.2) is 0 Å². The molecular weight excluding hydrogens is 248 g/mol. The summed E-state index contributed by atoms with van der Waals surface area (Å²) in [5.74, 6) is 1.48. The molecule has 0 bridgehead atoms. The van der Waals surface area contributed by atoms with E-state index in [-0.39, 0.29) is 0 Å². The van der Waals surface area contributed by atoms with Crippen LogP contribution in [0.1, 0.15) is 11.3 Å². The van der Waals surface area contributed by atoms with E-state index in [2.05, 4.69) is 11.1 Å². The maximum absolute atomic E-state index is 8.80. The topological polar surface area (TPSA) is 45.9 Å². The van der Waals surface area contributed by atoms with Gasteiger partial charge in [0.15, 0.2) is 0 Å². The van der Waals surface area contributed by atoms with E-state index in [4.69, 9.17) is 10.00 Å². The summed E-state index contributed by atoms with van der Waals surface area (Å²) in [7, 11) is 0. The smallest absolute Gasteiger partial charge is 0.138 e. The Morgan fingerprint density at radius 3 is 2.55 bits per heavy atom. The van der Waals surface area contributed by atoms with Crippen LogP contribution in [0.3, 0.4) is 0 Å². The van der Waals surface area contributed by atoms with Crippen molar-refractivity contribution in [3.63, 3.8) is 0 Å². The number of aromatic nitrogens is 1. The lowest BCUT2D eigenvalue weighted by Crippen LogP contribution is -1.90. The van der Waals surface area contributed by atoms with Crippen molar-refractivity contribution < 1.29 is 4.74 Å². The van der Waals surface area contributed by atoms with E-state index in [1.54, 1.807) is 24.3 Å². The number of para-hydroxylation sites is 1. The second-order valence-electron chi connectivity index (χ2n) is 4.52. The number of hydrogen-bond acceptors (Lipinski definition) is 3. The first-order valence-electron chi connectivity index (χ1n) is 6.31. The summed E-state index contributed by atoms with van der Waals surface area (Å²) in [4.78, 5) is 4.48. The molecule has 3 nitrogen and oxygen atoms in total. The average Bonchev–Trinajstić information content (AvgIpc) is 2.48. The van der Waals surface area contributed by atoms with E-state index in [9.17, 15) is 0 Å². The minimum Gasteiger partial charge on any atom is -0.457 e. The van der Waals surface area contributed by atoms with Crippen LogP contribution in [0.2, 0.25) is 0 Å². The number of nitriles is 1. The molecule has 0 saturated heterocycles. The molecule has 0 spiro atoms.